The minimum absolute atomic E-state index is 0.0163. The molecule has 1 amide bonds. The van der Waals surface area contributed by atoms with E-state index in [-0.39, 0.29) is 11.7 Å². The van der Waals surface area contributed by atoms with Crippen molar-refractivity contribution in [2.75, 3.05) is 0 Å². The largest absolute Gasteiger partial charge is 0.320 e. The van der Waals surface area contributed by atoms with Crippen LogP contribution in [0.5, 0.6) is 0 Å². The van der Waals surface area contributed by atoms with Gasteiger partial charge in [-0.05, 0) is 24.1 Å². The third-order valence-electron chi connectivity index (χ3n) is 3.66. The van der Waals surface area contributed by atoms with Gasteiger partial charge in [0.2, 0.25) is 0 Å². The lowest BCUT2D eigenvalue weighted by atomic mass is 10.0. The van der Waals surface area contributed by atoms with Crippen molar-refractivity contribution in [1.82, 2.24) is 4.90 Å². The van der Waals surface area contributed by atoms with E-state index in [0.717, 1.165) is 11.1 Å². The molecule has 0 N–H and O–H groups in total. The van der Waals surface area contributed by atoms with Gasteiger partial charge in [-0.3, -0.25) is 9.59 Å². The Balaban J connectivity index is 2.00. The Hall–Kier alpha value is -2.42. The molecule has 20 heavy (non-hydrogen) atoms. The summed E-state index contributed by atoms with van der Waals surface area (Å²) in [4.78, 5) is 26.2. The monoisotopic (exact) mass is 265 g/mol. The van der Waals surface area contributed by atoms with E-state index in [1.165, 1.54) is 6.92 Å². The first-order valence-electron chi connectivity index (χ1n) is 6.63. The first-order valence-corrected chi connectivity index (χ1v) is 6.63. The Morgan fingerprint density at radius 1 is 1.05 bits per heavy atom. The average Bonchev–Trinajstić information content (AvgIpc) is 2.78. The molecule has 0 bridgehead atoms. The van der Waals surface area contributed by atoms with Crippen LogP contribution in [0.4, 0.5) is 0 Å². The van der Waals surface area contributed by atoms with Gasteiger partial charge in [-0.25, -0.2) is 0 Å². The van der Waals surface area contributed by atoms with Gasteiger partial charge >= 0.3 is 0 Å². The fourth-order valence-electron chi connectivity index (χ4n) is 2.75. The van der Waals surface area contributed by atoms with Crippen LogP contribution in [0.3, 0.4) is 0 Å². The molecule has 1 atom stereocenters. The topological polar surface area (TPSA) is 37.4 Å². The van der Waals surface area contributed by atoms with Crippen molar-refractivity contribution >= 4 is 11.7 Å². The van der Waals surface area contributed by atoms with Crippen molar-refractivity contribution in [2.24, 2.45) is 0 Å². The highest BCUT2D eigenvalue weighted by Crippen LogP contribution is 2.31. The van der Waals surface area contributed by atoms with Gasteiger partial charge in [0.15, 0.2) is 5.78 Å². The summed E-state index contributed by atoms with van der Waals surface area (Å²) in [5.74, 6) is -0.0815. The molecular weight excluding hydrogens is 250 g/mol. The normalized spacial score (nSPS) is 15.1. The average molecular weight is 265 g/mol. The Kier molecular flexibility index (Phi) is 3.11. The molecule has 100 valence electrons. The molecule has 1 heterocycles. The maximum Gasteiger partial charge on any atom is 0.255 e. The summed E-state index contributed by atoms with van der Waals surface area (Å²) in [6.07, 6.45) is 0. The fraction of sp³-hybridized carbons (Fsp3) is 0.176. The standard InChI is InChI=1S/C17H15NO2/c1-12(19)16(13-7-3-2-4-8-13)18-11-14-9-5-6-10-15(14)17(18)20/h2-10,16H,11H2,1H3/t16-/m0/s1. The van der Waals surface area contributed by atoms with Crippen molar-refractivity contribution in [1.29, 1.82) is 0 Å². The summed E-state index contributed by atoms with van der Waals surface area (Å²) < 4.78 is 0. The van der Waals surface area contributed by atoms with Gasteiger partial charge in [0.1, 0.15) is 6.04 Å². The molecule has 1 aliphatic heterocycles. The number of hydrogen-bond donors (Lipinski definition) is 0. The third kappa shape index (κ3) is 2.01. The molecule has 3 nitrogen and oxygen atoms in total. The molecule has 3 rings (SSSR count). The van der Waals surface area contributed by atoms with E-state index >= 15 is 0 Å². The second-order valence-corrected chi connectivity index (χ2v) is 5.01. The molecule has 0 saturated carbocycles. The predicted octanol–water partition coefficient (Wildman–Crippen LogP) is 2.97. The Bertz CT molecular complexity index is 664. The van der Waals surface area contributed by atoms with Gasteiger partial charge in [0.25, 0.3) is 5.91 Å². The third-order valence-corrected chi connectivity index (χ3v) is 3.66. The summed E-state index contributed by atoms with van der Waals surface area (Å²) in [6.45, 7) is 2.03. The van der Waals surface area contributed by atoms with E-state index in [4.69, 9.17) is 0 Å². The van der Waals surface area contributed by atoms with E-state index in [1.807, 2.05) is 54.6 Å². The van der Waals surface area contributed by atoms with Crippen LogP contribution in [0, 0.1) is 0 Å². The lowest BCUT2D eigenvalue weighted by Crippen LogP contribution is -2.33. The lowest BCUT2D eigenvalue weighted by molar-refractivity contribution is -0.121. The molecule has 2 aromatic rings. The molecule has 3 heteroatoms. The van der Waals surface area contributed by atoms with Crippen molar-refractivity contribution < 1.29 is 9.59 Å². The number of carbonyl (C=O) groups excluding carboxylic acids is 2. The number of Topliss-reactive ketones (excluding diaryl/α,β-unsaturated/α-hetero) is 1. The molecule has 0 aromatic heterocycles. The second-order valence-electron chi connectivity index (χ2n) is 5.01. The molecular formula is C17H15NO2. The molecule has 0 unspecified atom stereocenters. The molecule has 0 aliphatic carbocycles. The molecule has 0 fully saturated rings. The molecule has 0 saturated heterocycles. The molecule has 0 spiro atoms. The van der Waals surface area contributed by atoms with Crippen LogP contribution >= 0.6 is 0 Å². The first-order chi connectivity index (χ1) is 9.68. The van der Waals surface area contributed by atoms with Crippen LogP contribution in [-0.2, 0) is 11.3 Å². The van der Waals surface area contributed by atoms with Crippen molar-refractivity contribution in [3.8, 4) is 0 Å². The smallest absolute Gasteiger partial charge is 0.255 e. The zero-order valence-corrected chi connectivity index (χ0v) is 11.2. The Morgan fingerprint density at radius 3 is 2.35 bits per heavy atom. The summed E-state index contributed by atoms with van der Waals surface area (Å²) in [5.41, 5.74) is 2.55. The van der Waals surface area contributed by atoms with Crippen LogP contribution in [0.15, 0.2) is 54.6 Å². The highest BCUT2D eigenvalue weighted by Gasteiger charge is 2.35. The first kappa shape index (κ1) is 12.6. The lowest BCUT2D eigenvalue weighted by Gasteiger charge is -2.26. The minimum Gasteiger partial charge on any atom is -0.320 e. The van der Waals surface area contributed by atoms with Crippen molar-refractivity contribution in [3.05, 3.63) is 71.3 Å². The van der Waals surface area contributed by atoms with Crippen LogP contribution < -0.4 is 0 Å². The van der Waals surface area contributed by atoms with Crippen molar-refractivity contribution in [3.63, 3.8) is 0 Å². The van der Waals surface area contributed by atoms with E-state index in [0.29, 0.717) is 12.1 Å². The number of rotatable bonds is 3. The van der Waals surface area contributed by atoms with Gasteiger partial charge in [-0.1, -0.05) is 48.5 Å². The number of benzene rings is 2. The van der Waals surface area contributed by atoms with Crippen molar-refractivity contribution in [2.45, 2.75) is 19.5 Å². The number of nitrogens with zero attached hydrogens (tertiary/aromatic N) is 1. The van der Waals surface area contributed by atoms with E-state index < -0.39 is 6.04 Å². The predicted molar refractivity (Wildman–Crippen MR) is 76.2 cm³/mol. The zero-order chi connectivity index (χ0) is 14.1. The quantitative estimate of drug-likeness (QED) is 0.855. The SMILES string of the molecule is CC(=O)[C@@H](c1ccccc1)N1Cc2ccccc2C1=O. The van der Waals surface area contributed by atoms with Gasteiger partial charge in [0.05, 0.1) is 0 Å². The number of ketones is 1. The summed E-state index contributed by atoms with van der Waals surface area (Å²) >= 11 is 0. The number of fused-ring (bicyclic) bond motifs is 1. The molecule has 2 aromatic carbocycles. The number of hydrogen-bond acceptors (Lipinski definition) is 2. The van der Waals surface area contributed by atoms with Gasteiger partial charge in [-0.15, -0.1) is 0 Å². The number of carbonyl (C=O) groups is 2. The maximum atomic E-state index is 12.5. The number of amides is 1. The van der Waals surface area contributed by atoms with E-state index in [1.54, 1.807) is 4.90 Å². The highest BCUT2D eigenvalue weighted by atomic mass is 16.2. The summed E-state index contributed by atoms with van der Waals surface area (Å²) in [7, 11) is 0. The maximum absolute atomic E-state index is 12.5. The van der Waals surface area contributed by atoms with Gasteiger partial charge in [-0.2, -0.15) is 0 Å². The van der Waals surface area contributed by atoms with Crippen LogP contribution in [0.2, 0.25) is 0 Å². The van der Waals surface area contributed by atoms with Crippen LogP contribution in [-0.4, -0.2) is 16.6 Å². The van der Waals surface area contributed by atoms with Gasteiger partial charge < -0.3 is 4.90 Å². The van der Waals surface area contributed by atoms with Crippen LogP contribution in [0.25, 0.3) is 0 Å². The zero-order valence-electron chi connectivity index (χ0n) is 11.2. The second kappa shape index (κ2) is 4.93. The highest BCUT2D eigenvalue weighted by molar-refractivity contribution is 6.01. The minimum atomic E-state index is -0.504. The summed E-state index contributed by atoms with van der Waals surface area (Å²) in [6, 6.07) is 16.5. The molecule has 0 radical (unpaired) electrons. The van der Waals surface area contributed by atoms with Gasteiger partial charge in [0, 0.05) is 12.1 Å². The van der Waals surface area contributed by atoms with E-state index in [9.17, 15) is 9.59 Å². The molecule has 1 aliphatic rings. The van der Waals surface area contributed by atoms with E-state index in [2.05, 4.69) is 0 Å². The fourth-order valence-corrected chi connectivity index (χ4v) is 2.75. The summed E-state index contributed by atoms with van der Waals surface area (Å²) in [5, 5.41) is 0. The Morgan fingerprint density at radius 2 is 1.70 bits per heavy atom. The Labute approximate surface area is 117 Å². The van der Waals surface area contributed by atoms with Crippen LogP contribution in [0.1, 0.15) is 34.5 Å².